The number of ether oxygens (including phenoxy) is 1. The Kier molecular flexibility index (Phi) is 4.65. The summed E-state index contributed by atoms with van der Waals surface area (Å²) >= 11 is 5.79. The number of rotatable bonds is 4. The van der Waals surface area contributed by atoms with Crippen LogP contribution in [-0.4, -0.2) is 18.0 Å². The number of nitrogens with zero attached hydrogens (tertiary/aromatic N) is 1. The largest absolute Gasteiger partial charge is 0.497 e. The Balaban J connectivity index is 2.16. The summed E-state index contributed by atoms with van der Waals surface area (Å²) in [4.78, 5) is 16.1. The number of aromatic nitrogens is 1. The second kappa shape index (κ2) is 6.45. The molecular formula is C15H16ClN3O2. The topological polar surface area (TPSA) is 77.2 Å². The van der Waals surface area contributed by atoms with Crippen molar-refractivity contribution in [2.75, 3.05) is 12.8 Å². The zero-order chi connectivity index (χ0) is 15.4. The smallest absolute Gasteiger partial charge is 0.254 e. The van der Waals surface area contributed by atoms with Crippen LogP contribution >= 0.6 is 11.6 Å². The van der Waals surface area contributed by atoms with Gasteiger partial charge in [-0.1, -0.05) is 23.7 Å². The first-order valence-corrected chi connectivity index (χ1v) is 6.75. The third-order valence-electron chi connectivity index (χ3n) is 3.09. The van der Waals surface area contributed by atoms with Crippen molar-refractivity contribution in [2.45, 2.75) is 13.0 Å². The van der Waals surface area contributed by atoms with Gasteiger partial charge in [0.25, 0.3) is 5.91 Å². The van der Waals surface area contributed by atoms with E-state index in [1.165, 1.54) is 12.3 Å². The average Bonchev–Trinajstić information content (AvgIpc) is 2.49. The highest BCUT2D eigenvalue weighted by Gasteiger charge is 2.15. The number of hydrogen-bond donors (Lipinski definition) is 2. The van der Waals surface area contributed by atoms with Crippen molar-refractivity contribution in [1.82, 2.24) is 10.3 Å². The Labute approximate surface area is 128 Å². The zero-order valence-corrected chi connectivity index (χ0v) is 12.5. The van der Waals surface area contributed by atoms with Crippen molar-refractivity contribution in [1.29, 1.82) is 0 Å². The monoisotopic (exact) mass is 305 g/mol. The van der Waals surface area contributed by atoms with Gasteiger partial charge in [-0.3, -0.25) is 4.79 Å². The lowest BCUT2D eigenvalue weighted by Gasteiger charge is -2.16. The highest BCUT2D eigenvalue weighted by atomic mass is 35.5. The van der Waals surface area contributed by atoms with Crippen molar-refractivity contribution in [3.8, 4) is 5.75 Å². The molecule has 1 aromatic heterocycles. The maximum absolute atomic E-state index is 12.2. The van der Waals surface area contributed by atoms with Gasteiger partial charge in [-0.2, -0.15) is 0 Å². The molecule has 2 rings (SSSR count). The van der Waals surface area contributed by atoms with Crippen molar-refractivity contribution < 1.29 is 9.53 Å². The van der Waals surface area contributed by atoms with E-state index in [1.807, 2.05) is 31.2 Å². The fraction of sp³-hybridized carbons (Fsp3) is 0.200. The van der Waals surface area contributed by atoms with Crippen LogP contribution in [0.2, 0.25) is 5.15 Å². The molecule has 0 aliphatic carbocycles. The van der Waals surface area contributed by atoms with Gasteiger partial charge in [0.2, 0.25) is 0 Å². The van der Waals surface area contributed by atoms with Gasteiger partial charge in [-0.25, -0.2) is 4.98 Å². The molecule has 0 fully saturated rings. The van der Waals surface area contributed by atoms with Gasteiger partial charge < -0.3 is 15.8 Å². The first kappa shape index (κ1) is 15.1. The molecule has 1 amide bonds. The minimum atomic E-state index is -0.299. The minimum Gasteiger partial charge on any atom is -0.497 e. The minimum absolute atomic E-state index is 0.195. The number of hydrogen-bond acceptors (Lipinski definition) is 4. The fourth-order valence-corrected chi connectivity index (χ4v) is 2.06. The number of anilines is 1. The van der Waals surface area contributed by atoms with Crippen molar-refractivity contribution in [3.05, 3.63) is 52.8 Å². The quantitative estimate of drug-likeness (QED) is 0.852. The summed E-state index contributed by atoms with van der Waals surface area (Å²) < 4.78 is 5.17. The van der Waals surface area contributed by atoms with E-state index in [-0.39, 0.29) is 22.8 Å². The number of benzene rings is 1. The van der Waals surface area contributed by atoms with Gasteiger partial charge in [0.1, 0.15) is 10.9 Å². The van der Waals surface area contributed by atoms with Gasteiger partial charge in [0.15, 0.2) is 0 Å². The number of halogens is 1. The van der Waals surface area contributed by atoms with Crippen LogP contribution in [0.1, 0.15) is 28.9 Å². The van der Waals surface area contributed by atoms with E-state index in [2.05, 4.69) is 10.3 Å². The predicted molar refractivity (Wildman–Crippen MR) is 82.5 cm³/mol. The van der Waals surface area contributed by atoms with Crippen LogP contribution in [0.5, 0.6) is 5.75 Å². The molecule has 0 saturated heterocycles. The van der Waals surface area contributed by atoms with E-state index < -0.39 is 0 Å². The van der Waals surface area contributed by atoms with Crippen LogP contribution in [0.15, 0.2) is 36.5 Å². The van der Waals surface area contributed by atoms with Crippen LogP contribution in [0.4, 0.5) is 5.69 Å². The van der Waals surface area contributed by atoms with Crippen molar-refractivity contribution in [2.24, 2.45) is 0 Å². The maximum atomic E-state index is 12.2. The first-order valence-electron chi connectivity index (χ1n) is 6.37. The van der Waals surface area contributed by atoms with Crippen LogP contribution < -0.4 is 15.8 Å². The molecule has 1 unspecified atom stereocenters. The second-order valence-corrected chi connectivity index (χ2v) is 4.95. The molecule has 0 spiro atoms. The summed E-state index contributed by atoms with van der Waals surface area (Å²) in [7, 11) is 1.60. The fourth-order valence-electron chi connectivity index (χ4n) is 1.91. The second-order valence-electron chi connectivity index (χ2n) is 4.57. The summed E-state index contributed by atoms with van der Waals surface area (Å²) in [5, 5.41) is 3.10. The molecule has 0 aliphatic heterocycles. The standard InChI is InChI=1S/C15H16ClN3O2/c1-9(10-4-3-5-11(6-10)21-2)19-15(20)12-7-14(16)18-8-13(12)17/h3-9H,17H2,1-2H3,(H,19,20). The molecule has 0 bridgehead atoms. The molecule has 2 aromatic rings. The Bertz CT molecular complexity index is 661. The van der Waals surface area contributed by atoms with E-state index in [4.69, 9.17) is 22.1 Å². The first-order chi connectivity index (χ1) is 10.0. The predicted octanol–water partition coefficient (Wildman–Crippen LogP) is 2.82. The number of nitrogens with two attached hydrogens (primary N) is 1. The summed E-state index contributed by atoms with van der Waals surface area (Å²) in [5.41, 5.74) is 7.28. The molecule has 110 valence electrons. The lowest BCUT2D eigenvalue weighted by atomic mass is 10.1. The Hall–Kier alpha value is -2.27. The van der Waals surface area contributed by atoms with Gasteiger partial charge in [0.05, 0.1) is 30.6 Å². The van der Waals surface area contributed by atoms with Crippen LogP contribution in [-0.2, 0) is 0 Å². The zero-order valence-electron chi connectivity index (χ0n) is 11.8. The normalized spacial score (nSPS) is 11.8. The third-order valence-corrected chi connectivity index (χ3v) is 3.29. The lowest BCUT2D eigenvalue weighted by Crippen LogP contribution is -2.27. The third kappa shape index (κ3) is 3.64. The molecule has 1 aromatic carbocycles. The molecule has 1 heterocycles. The van der Waals surface area contributed by atoms with Gasteiger partial charge in [0, 0.05) is 0 Å². The number of nitrogen functional groups attached to an aromatic ring is 1. The van der Waals surface area contributed by atoms with Gasteiger partial charge >= 0.3 is 0 Å². The van der Waals surface area contributed by atoms with Crippen molar-refractivity contribution >= 4 is 23.2 Å². The highest BCUT2D eigenvalue weighted by Crippen LogP contribution is 2.20. The van der Waals surface area contributed by atoms with Gasteiger partial charge in [-0.15, -0.1) is 0 Å². The molecule has 21 heavy (non-hydrogen) atoms. The van der Waals surface area contributed by atoms with Crippen molar-refractivity contribution in [3.63, 3.8) is 0 Å². The SMILES string of the molecule is COc1cccc(C(C)NC(=O)c2cc(Cl)ncc2N)c1. The van der Waals surface area contributed by atoms with E-state index >= 15 is 0 Å². The van der Waals surface area contributed by atoms with E-state index in [9.17, 15) is 4.79 Å². The molecule has 3 N–H and O–H groups in total. The summed E-state index contributed by atoms with van der Waals surface area (Å²) in [6.45, 7) is 1.88. The number of methoxy groups -OCH3 is 1. The van der Waals surface area contributed by atoms with Gasteiger partial charge in [-0.05, 0) is 30.7 Å². The molecule has 1 atom stereocenters. The number of pyridine rings is 1. The lowest BCUT2D eigenvalue weighted by molar-refractivity contribution is 0.0940. The Morgan fingerprint density at radius 3 is 2.90 bits per heavy atom. The molecule has 0 aliphatic rings. The van der Waals surface area contributed by atoms with Crippen LogP contribution in [0.3, 0.4) is 0 Å². The summed E-state index contributed by atoms with van der Waals surface area (Å²) in [6, 6.07) is 8.75. The van der Waals surface area contributed by atoms with E-state index in [0.717, 1.165) is 11.3 Å². The van der Waals surface area contributed by atoms with E-state index in [0.29, 0.717) is 5.56 Å². The Morgan fingerprint density at radius 2 is 2.19 bits per heavy atom. The Morgan fingerprint density at radius 1 is 1.43 bits per heavy atom. The molecule has 5 nitrogen and oxygen atoms in total. The van der Waals surface area contributed by atoms with Crippen LogP contribution in [0.25, 0.3) is 0 Å². The average molecular weight is 306 g/mol. The van der Waals surface area contributed by atoms with E-state index in [1.54, 1.807) is 7.11 Å². The van der Waals surface area contributed by atoms with Crippen LogP contribution in [0, 0.1) is 0 Å². The number of amides is 1. The molecular weight excluding hydrogens is 290 g/mol. The summed E-state index contributed by atoms with van der Waals surface area (Å²) in [5.74, 6) is 0.437. The maximum Gasteiger partial charge on any atom is 0.254 e. The summed E-state index contributed by atoms with van der Waals surface area (Å²) in [6.07, 6.45) is 1.37. The molecule has 0 radical (unpaired) electrons. The number of carbonyl (C=O) groups excluding carboxylic acids is 1. The number of nitrogens with one attached hydrogen (secondary N) is 1. The highest BCUT2D eigenvalue weighted by molar-refractivity contribution is 6.29. The number of carbonyl (C=O) groups is 1. The molecule has 6 heteroatoms. The molecule has 0 saturated carbocycles.